The Balaban J connectivity index is 1.77. The van der Waals surface area contributed by atoms with Gasteiger partial charge in [0, 0.05) is 18.8 Å². The number of benzene rings is 1. The molecule has 0 bridgehead atoms. The lowest BCUT2D eigenvalue weighted by Gasteiger charge is -2.25. The van der Waals surface area contributed by atoms with Gasteiger partial charge in [0.1, 0.15) is 0 Å². The predicted molar refractivity (Wildman–Crippen MR) is 98.8 cm³/mol. The summed E-state index contributed by atoms with van der Waals surface area (Å²) in [7, 11) is 0. The number of nitrogens with zero attached hydrogens (tertiary/aromatic N) is 2. The number of carbonyl (C=O) groups excluding carboxylic acids is 1. The van der Waals surface area contributed by atoms with Gasteiger partial charge in [0.05, 0.1) is 29.0 Å². The summed E-state index contributed by atoms with van der Waals surface area (Å²) in [5.41, 5.74) is 6.95. The maximum atomic E-state index is 12.3. The summed E-state index contributed by atoms with van der Waals surface area (Å²) in [5.74, 6) is -0.151. The van der Waals surface area contributed by atoms with Crippen LogP contribution in [-0.4, -0.2) is 42.7 Å². The lowest BCUT2D eigenvalue weighted by Crippen LogP contribution is -2.48. The van der Waals surface area contributed by atoms with Crippen LogP contribution in [0.2, 0.25) is 0 Å². The van der Waals surface area contributed by atoms with Crippen molar-refractivity contribution in [2.75, 3.05) is 36.5 Å². The number of nitrogens with one attached hydrogen (secondary N) is 1. The third kappa shape index (κ3) is 3.68. The number of aromatic nitrogens is 1. The number of carbonyl (C=O) groups is 1. The SMILES string of the molecule is CCCC(C)(N)C(=O)Nc1ccc2nc(N3CCOCC3)sc2c1. The van der Waals surface area contributed by atoms with Crippen molar-refractivity contribution in [1.82, 2.24) is 4.98 Å². The molecule has 24 heavy (non-hydrogen) atoms. The minimum atomic E-state index is -0.851. The Bertz CT molecular complexity index is 722. The zero-order valence-electron chi connectivity index (χ0n) is 14.2. The summed E-state index contributed by atoms with van der Waals surface area (Å²) in [6, 6.07) is 5.79. The van der Waals surface area contributed by atoms with Gasteiger partial charge in [-0.15, -0.1) is 0 Å². The summed E-state index contributed by atoms with van der Waals surface area (Å²) in [6.07, 6.45) is 1.53. The molecule has 0 aliphatic carbocycles. The van der Waals surface area contributed by atoms with Crippen LogP contribution >= 0.6 is 11.3 Å². The number of hydrogen-bond acceptors (Lipinski definition) is 6. The molecule has 1 fully saturated rings. The van der Waals surface area contributed by atoms with Crippen molar-refractivity contribution in [2.24, 2.45) is 5.73 Å². The highest BCUT2D eigenvalue weighted by Crippen LogP contribution is 2.31. The molecular weight excluding hydrogens is 324 g/mol. The maximum Gasteiger partial charge on any atom is 0.244 e. The topological polar surface area (TPSA) is 80.5 Å². The molecule has 3 N–H and O–H groups in total. The molecule has 1 unspecified atom stereocenters. The molecule has 1 saturated heterocycles. The highest BCUT2D eigenvalue weighted by molar-refractivity contribution is 7.22. The molecule has 1 atom stereocenters. The number of hydrogen-bond donors (Lipinski definition) is 2. The maximum absolute atomic E-state index is 12.3. The fourth-order valence-electron chi connectivity index (χ4n) is 2.79. The van der Waals surface area contributed by atoms with Crippen LogP contribution in [0.4, 0.5) is 10.8 Å². The van der Waals surface area contributed by atoms with Crippen molar-refractivity contribution in [2.45, 2.75) is 32.2 Å². The number of morpholine rings is 1. The van der Waals surface area contributed by atoms with Gasteiger partial charge in [-0.1, -0.05) is 24.7 Å². The van der Waals surface area contributed by atoms with Crippen LogP contribution in [0.1, 0.15) is 26.7 Å². The number of amides is 1. The Morgan fingerprint density at radius 1 is 1.46 bits per heavy atom. The van der Waals surface area contributed by atoms with Crippen LogP contribution in [0.15, 0.2) is 18.2 Å². The molecule has 0 radical (unpaired) electrons. The van der Waals surface area contributed by atoms with E-state index in [4.69, 9.17) is 10.5 Å². The Kier molecular flexibility index (Phi) is 5.03. The van der Waals surface area contributed by atoms with Crippen molar-refractivity contribution in [1.29, 1.82) is 0 Å². The number of rotatable bonds is 5. The minimum absolute atomic E-state index is 0.151. The van der Waals surface area contributed by atoms with E-state index < -0.39 is 5.54 Å². The fourth-order valence-corrected chi connectivity index (χ4v) is 3.84. The summed E-state index contributed by atoms with van der Waals surface area (Å²) >= 11 is 1.64. The van der Waals surface area contributed by atoms with E-state index in [1.807, 2.05) is 25.1 Å². The largest absolute Gasteiger partial charge is 0.378 e. The quantitative estimate of drug-likeness (QED) is 0.868. The Labute approximate surface area is 146 Å². The van der Waals surface area contributed by atoms with Crippen LogP contribution < -0.4 is 16.0 Å². The van der Waals surface area contributed by atoms with Gasteiger partial charge in [0.15, 0.2) is 5.13 Å². The number of fused-ring (bicyclic) bond motifs is 1. The molecule has 1 aliphatic rings. The molecule has 0 saturated carbocycles. The van der Waals surface area contributed by atoms with Gasteiger partial charge in [-0.2, -0.15) is 0 Å². The molecule has 3 rings (SSSR count). The molecule has 6 nitrogen and oxygen atoms in total. The number of anilines is 2. The van der Waals surface area contributed by atoms with Crippen LogP contribution in [0.3, 0.4) is 0 Å². The zero-order chi connectivity index (χ0) is 17.2. The van der Waals surface area contributed by atoms with Crippen molar-refractivity contribution in [3.05, 3.63) is 18.2 Å². The second-order valence-corrected chi connectivity index (χ2v) is 7.41. The second-order valence-electron chi connectivity index (χ2n) is 6.40. The van der Waals surface area contributed by atoms with E-state index in [1.54, 1.807) is 18.3 Å². The van der Waals surface area contributed by atoms with E-state index in [0.29, 0.717) is 6.42 Å². The zero-order valence-corrected chi connectivity index (χ0v) is 15.0. The first-order valence-corrected chi connectivity index (χ1v) is 9.15. The molecule has 1 aromatic heterocycles. The van der Waals surface area contributed by atoms with Gasteiger partial charge in [0.25, 0.3) is 0 Å². The van der Waals surface area contributed by atoms with Gasteiger partial charge >= 0.3 is 0 Å². The standard InChI is InChI=1S/C17H24N4O2S/c1-3-6-17(2,18)15(22)19-12-4-5-13-14(11-12)24-16(20-13)21-7-9-23-10-8-21/h4-5,11H,3,6-10,18H2,1-2H3,(H,19,22). The van der Waals surface area contributed by atoms with E-state index in [1.165, 1.54) is 0 Å². The lowest BCUT2D eigenvalue weighted by molar-refractivity contribution is -0.120. The molecule has 7 heteroatoms. The molecule has 1 aliphatic heterocycles. The van der Waals surface area contributed by atoms with Crippen molar-refractivity contribution < 1.29 is 9.53 Å². The van der Waals surface area contributed by atoms with Crippen molar-refractivity contribution >= 4 is 38.3 Å². The molecule has 1 amide bonds. The van der Waals surface area contributed by atoms with E-state index >= 15 is 0 Å². The minimum Gasteiger partial charge on any atom is -0.378 e. The average Bonchev–Trinajstić information content (AvgIpc) is 2.99. The van der Waals surface area contributed by atoms with Crippen LogP contribution in [-0.2, 0) is 9.53 Å². The van der Waals surface area contributed by atoms with Crippen LogP contribution in [0, 0.1) is 0 Å². The van der Waals surface area contributed by atoms with E-state index in [9.17, 15) is 4.79 Å². The van der Waals surface area contributed by atoms with Gasteiger partial charge in [-0.05, 0) is 31.5 Å². The van der Waals surface area contributed by atoms with E-state index in [0.717, 1.165) is 53.8 Å². The van der Waals surface area contributed by atoms with E-state index in [-0.39, 0.29) is 5.91 Å². The first-order chi connectivity index (χ1) is 11.5. The van der Waals surface area contributed by atoms with Gasteiger partial charge in [-0.3, -0.25) is 4.79 Å². The van der Waals surface area contributed by atoms with Gasteiger partial charge in [-0.25, -0.2) is 4.98 Å². The fraction of sp³-hybridized carbons (Fsp3) is 0.529. The van der Waals surface area contributed by atoms with Crippen LogP contribution in [0.5, 0.6) is 0 Å². The Hall–Kier alpha value is -1.70. The normalized spacial score (nSPS) is 17.7. The number of nitrogens with two attached hydrogens (primary N) is 1. The summed E-state index contributed by atoms with van der Waals surface area (Å²) in [5, 5.41) is 3.94. The lowest BCUT2D eigenvalue weighted by atomic mass is 9.96. The highest BCUT2D eigenvalue weighted by Gasteiger charge is 2.27. The van der Waals surface area contributed by atoms with Gasteiger partial charge < -0.3 is 20.7 Å². The predicted octanol–water partition coefficient (Wildman–Crippen LogP) is 2.59. The molecule has 0 spiro atoms. The molecule has 1 aromatic carbocycles. The third-order valence-corrected chi connectivity index (χ3v) is 5.28. The van der Waals surface area contributed by atoms with Crippen LogP contribution in [0.25, 0.3) is 10.2 Å². The van der Waals surface area contributed by atoms with Gasteiger partial charge in [0.2, 0.25) is 5.91 Å². The molecular formula is C17H24N4O2S. The van der Waals surface area contributed by atoms with Crippen molar-refractivity contribution in [3.63, 3.8) is 0 Å². The van der Waals surface area contributed by atoms with E-state index in [2.05, 4.69) is 15.2 Å². The first kappa shape index (κ1) is 17.1. The first-order valence-electron chi connectivity index (χ1n) is 8.33. The smallest absolute Gasteiger partial charge is 0.244 e. The second kappa shape index (κ2) is 7.04. The highest BCUT2D eigenvalue weighted by atomic mass is 32.1. The monoisotopic (exact) mass is 348 g/mol. The summed E-state index contributed by atoms with van der Waals surface area (Å²) in [4.78, 5) is 19.3. The van der Waals surface area contributed by atoms with Crippen molar-refractivity contribution in [3.8, 4) is 0 Å². The molecule has 130 valence electrons. The molecule has 2 heterocycles. The Morgan fingerprint density at radius 2 is 2.21 bits per heavy atom. The third-order valence-electron chi connectivity index (χ3n) is 4.20. The number of thiazole rings is 1. The number of ether oxygens (including phenoxy) is 1. The Morgan fingerprint density at radius 3 is 2.92 bits per heavy atom. The summed E-state index contributed by atoms with van der Waals surface area (Å²) < 4.78 is 6.44. The molecule has 2 aromatic rings. The summed E-state index contributed by atoms with van der Waals surface area (Å²) in [6.45, 7) is 7.01. The average molecular weight is 348 g/mol.